The van der Waals surface area contributed by atoms with E-state index in [1.54, 1.807) is 4.90 Å². The first-order chi connectivity index (χ1) is 15.3. The topological polar surface area (TPSA) is 57.6 Å². The Morgan fingerprint density at radius 2 is 1.84 bits per heavy atom. The molecule has 1 heterocycles. The lowest BCUT2D eigenvalue weighted by Gasteiger charge is -2.36. The summed E-state index contributed by atoms with van der Waals surface area (Å²) in [5.74, 6) is 0.337. The zero-order chi connectivity index (χ0) is 23.1. The van der Waals surface area contributed by atoms with Gasteiger partial charge in [0.2, 0.25) is 5.91 Å². The number of hydrogen-bond donors (Lipinski definition) is 1. The number of nitrogens with zero attached hydrogens (tertiary/aromatic N) is 3. The highest BCUT2D eigenvalue weighted by molar-refractivity contribution is 9.10. The zero-order valence-electron chi connectivity index (χ0n) is 19.4. The minimum atomic E-state index is -0.208. The van der Waals surface area contributed by atoms with Crippen molar-refractivity contribution in [2.24, 2.45) is 13.0 Å². The van der Waals surface area contributed by atoms with E-state index in [0.717, 1.165) is 35.8 Å². The van der Waals surface area contributed by atoms with Gasteiger partial charge in [0.1, 0.15) is 6.54 Å². The second-order valence-corrected chi connectivity index (χ2v) is 9.96. The molecule has 6 nitrogen and oxygen atoms in total. The lowest BCUT2D eigenvalue weighted by atomic mass is 9.94. The molecule has 1 saturated carbocycles. The van der Waals surface area contributed by atoms with Crippen LogP contribution in [-0.4, -0.2) is 45.4 Å². The lowest BCUT2D eigenvalue weighted by Crippen LogP contribution is -2.50. The third-order valence-corrected chi connectivity index (χ3v) is 6.73. The molecule has 1 aromatic heterocycles. The maximum absolute atomic E-state index is 13.5. The number of anilines is 1. The molecule has 1 N–H and O–H groups in total. The fourth-order valence-corrected chi connectivity index (χ4v) is 4.69. The fourth-order valence-electron chi connectivity index (χ4n) is 4.31. The van der Waals surface area contributed by atoms with Gasteiger partial charge >= 0.3 is 6.03 Å². The fraction of sp³-hybridized carbons (Fsp3) is 0.520. The third kappa shape index (κ3) is 6.61. The Balaban J connectivity index is 1.78. The van der Waals surface area contributed by atoms with Crippen LogP contribution in [0.3, 0.4) is 0 Å². The molecule has 0 spiro atoms. The van der Waals surface area contributed by atoms with E-state index < -0.39 is 0 Å². The van der Waals surface area contributed by atoms with Gasteiger partial charge in [-0.3, -0.25) is 4.79 Å². The van der Waals surface area contributed by atoms with Crippen molar-refractivity contribution in [3.63, 3.8) is 0 Å². The van der Waals surface area contributed by atoms with E-state index >= 15 is 0 Å². The number of carbonyl (C=O) groups excluding carboxylic acids is 2. The van der Waals surface area contributed by atoms with Crippen LogP contribution in [0.5, 0.6) is 0 Å². The van der Waals surface area contributed by atoms with E-state index in [2.05, 4.69) is 35.1 Å². The maximum Gasteiger partial charge on any atom is 0.322 e. The normalized spacial score (nSPS) is 14.4. The molecule has 0 atom stereocenters. The molecular formula is C25H35BrN4O2. The average Bonchev–Trinajstić information content (AvgIpc) is 3.17. The van der Waals surface area contributed by atoms with Gasteiger partial charge in [0.25, 0.3) is 0 Å². The number of rotatable bonds is 8. The van der Waals surface area contributed by atoms with Crippen molar-refractivity contribution in [2.75, 3.05) is 18.4 Å². The Morgan fingerprint density at radius 3 is 2.47 bits per heavy atom. The van der Waals surface area contributed by atoms with Gasteiger partial charge in [-0.05, 0) is 59.0 Å². The second kappa shape index (κ2) is 11.5. The van der Waals surface area contributed by atoms with Gasteiger partial charge < -0.3 is 19.7 Å². The SMILES string of the molecule is CC(C)CN(Cc1cccn1C)C(=O)CN(C(=O)Nc1ccccc1Br)C1CCCCC1. The van der Waals surface area contributed by atoms with Crippen LogP contribution in [-0.2, 0) is 18.4 Å². The highest BCUT2D eigenvalue weighted by Crippen LogP contribution is 2.26. The van der Waals surface area contributed by atoms with E-state index in [1.807, 2.05) is 59.1 Å². The molecule has 2 aromatic rings. The molecule has 0 unspecified atom stereocenters. The molecular weight excluding hydrogens is 468 g/mol. The van der Waals surface area contributed by atoms with E-state index in [4.69, 9.17) is 0 Å². The first kappa shape index (κ1) is 24.4. The zero-order valence-corrected chi connectivity index (χ0v) is 21.0. The quantitative estimate of drug-likeness (QED) is 0.507. The number of aromatic nitrogens is 1. The predicted molar refractivity (Wildman–Crippen MR) is 132 cm³/mol. The summed E-state index contributed by atoms with van der Waals surface area (Å²) < 4.78 is 2.87. The Hall–Kier alpha value is -2.28. The summed E-state index contributed by atoms with van der Waals surface area (Å²) in [5.41, 5.74) is 1.80. The molecule has 1 aliphatic rings. The second-order valence-electron chi connectivity index (χ2n) is 9.11. The van der Waals surface area contributed by atoms with E-state index in [1.165, 1.54) is 6.42 Å². The number of halogens is 1. The molecule has 1 fully saturated rings. The molecule has 174 valence electrons. The van der Waals surface area contributed by atoms with Crippen LogP contribution < -0.4 is 5.32 Å². The summed E-state index contributed by atoms with van der Waals surface area (Å²) in [4.78, 5) is 30.5. The molecule has 1 aromatic carbocycles. The Kier molecular flexibility index (Phi) is 8.79. The molecule has 7 heteroatoms. The minimum Gasteiger partial charge on any atom is -0.353 e. The van der Waals surface area contributed by atoms with Crippen LogP contribution in [0.1, 0.15) is 51.6 Å². The minimum absolute atomic E-state index is 0.00671. The van der Waals surface area contributed by atoms with E-state index in [0.29, 0.717) is 24.7 Å². The summed E-state index contributed by atoms with van der Waals surface area (Å²) in [5, 5.41) is 3.01. The number of benzene rings is 1. The number of hydrogen-bond acceptors (Lipinski definition) is 2. The third-order valence-electron chi connectivity index (χ3n) is 6.04. The maximum atomic E-state index is 13.5. The summed E-state index contributed by atoms with van der Waals surface area (Å²) >= 11 is 3.50. The lowest BCUT2D eigenvalue weighted by molar-refractivity contribution is -0.133. The van der Waals surface area contributed by atoms with Gasteiger partial charge in [0.15, 0.2) is 0 Å². The number of aryl methyl sites for hydroxylation is 1. The van der Waals surface area contributed by atoms with Crippen LogP contribution in [0.15, 0.2) is 47.1 Å². The summed E-state index contributed by atoms with van der Waals surface area (Å²) in [6.45, 7) is 5.53. The monoisotopic (exact) mass is 502 g/mol. The number of para-hydroxylation sites is 1. The molecule has 0 saturated heterocycles. The molecule has 1 aliphatic carbocycles. The van der Waals surface area contributed by atoms with Gasteiger partial charge in [-0.25, -0.2) is 4.79 Å². The largest absolute Gasteiger partial charge is 0.353 e. The molecule has 0 aliphatic heterocycles. The van der Waals surface area contributed by atoms with Crippen molar-refractivity contribution >= 4 is 33.6 Å². The van der Waals surface area contributed by atoms with Gasteiger partial charge in [-0.1, -0.05) is 45.2 Å². The standard InChI is InChI=1S/C25H35BrN4O2/c1-19(2)16-29(17-21-12-9-15-28(21)3)24(31)18-30(20-10-5-4-6-11-20)25(32)27-23-14-8-7-13-22(23)26/h7-9,12-15,19-20H,4-6,10-11,16-18H2,1-3H3,(H,27,32). The summed E-state index contributed by atoms with van der Waals surface area (Å²) in [6, 6.07) is 11.5. The molecule has 0 radical (unpaired) electrons. The van der Waals surface area contributed by atoms with E-state index in [9.17, 15) is 9.59 Å². The van der Waals surface area contributed by atoms with Gasteiger partial charge in [-0.15, -0.1) is 0 Å². The van der Waals surface area contributed by atoms with Crippen LogP contribution in [0.25, 0.3) is 0 Å². The van der Waals surface area contributed by atoms with Gasteiger partial charge in [0, 0.05) is 36.0 Å². The van der Waals surface area contributed by atoms with Gasteiger partial charge in [-0.2, -0.15) is 0 Å². The number of amides is 3. The molecule has 3 amide bonds. The Morgan fingerprint density at radius 1 is 1.12 bits per heavy atom. The van der Waals surface area contributed by atoms with Crippen molar-refractivity contribution in [1.82, 2.24) is 14.4 Å². The smallest absolute Gasteiger partial charge is 0.322 e. The Bertz CT molecular complexity index is 905. The van der Waals surface area contributed by atoms with Crippen molar-refractivity contribution < 1.29 is 9.59 Å². The highest BCUT2D eigenvalue weighted by Gasteiger charge is 2.29. The molecule has 0 bridgehead atoms. The van der Waals surface area contributed by atoms with Crippen molar-refractivity contribution in [3.8, 4) is 0 Å². The van der Waals surface area contributed by atoms with Crippen molar-refractivity contribution in [1.29, 1.82) is 0 Å². The number of urea groups is 1. The van der Waals surface area contributed by atoms with Crippen LogP contribution in [0.2, 0.25) is 0 Å². The highest BCUT2D eigenvalue weighted by atomic mass is 79.9. The first-order valence-corrected chi connectivity index (χ1v) is 12.3. The van der Waals surface area contributed by atoms with Crippen LogP contribution in [0, 0.1) is 5.92 Å². The predicted octanol–water partition coefficient (Wildman–Crippen LogP) is 5.64. The van der Waals surface area contributed by atoms with Crippen molar-refractivity contribution in [2.45, 2.75) is 58.5 Å². The number of carbonyl (C=O) groups is 2. The molecule has 3 rings (SSSR count). The Labute approximate surface area is 200 Å². The molecule has 32 heavy (non-hydrogen) atoms. The van der Waals surface area contributed by atoms with Crippen LogP contribution in [0.4, 0.5) is 10.5 Å². The summed E-state index contributed by atoms with van der Waals surface area (Å²) in [7, 11) is 1.99. The number of nitrogens with one attached hydrogen (secondary N) is 1. The van der Waals surface area contributed by atoms with Crippen LogP contribution >= 0.6 is 15.9 Å². The van der Waals surface area contributed by atoms with E-state index in [-0.39, 0.29) is 24.5 Å². The van der Waals surface area contributed by atoms with Crippen molar-refractivity contribution in [3.05, 3.63) is 52.8 Å². The van der Waals surface area contributed by atoms with Gasteiger partial charge in [0.05, 0.1) is 12.2 Å². The summed E-state index contributed by atoms with van der Waals surface area (Å²) in [6.07, 6.45) is 7.26. The average molecular weight is 503 g/mol. The first-order valence-electron chi connectivity index (χ1n) is 11.5.